The van der Waals surface area contributed by atoms with Crippen LogP contribution < -0.4 is 5.56 Å². The van der Waals surface area contributed by atoms with E-state index >= 15 is 0 Å². The topological polar surface area (TPSA) is 45.8 Å². The maximum Gasteiger partial charge on any atom is 0.264 e. The van der Waals surface area contributed by atoms with E-state index in [-0.39, 0.29) is 11.5 Å². The van der Waals surface area contributed by atoms with Crippen molar-refractivity contribution in [1.82, 2.24) is 9.97 Å². The molecule has 90 valence electrons. The van der Waals surface area contributed by atoms with E-state index in [1.807, 2.05) is 32.9 Å². The van der Waals surface area contributed by atoms with Gasteiger partial charge in [-0.2, -0.15) is 0 Å². The van der Waals surface area contributed by atoms with Gasteiger partial charge in [0, 0.05) is 4.88 Å². The molecule has 0 radical (unpaired) electrons. The summed E-state index contributed by atoms with van der Waals surface area (Å²) in [5.74, 6) is 0.932. The lowest BCUT2D eigenvalue weighted by molar-refractivity contribution is 0.803. The van der Waals surface area contributed by atoms with Crippen molar-refractivity contribution in [3.63, 3.8) is 0 Å². The molecule has 1 N–H and O–H groups in total. The minimum Gasteiger partial charge on any atom is -0.305 e. The summed E-state index contributed by atoms with van der Waals surface area (Å²) in [4.78, 5) is 21.5. The normalized spacial score (nSPS) is 11.1. The zero-order chi connectivity index (χ0) is 12.6. The third kappa shape index (κ3) is 2.60. The van der Waals surface area contributed by atoms with Crippen LogP contribution in [0, 0.1) is 10.5 Å². The van der Waals surface area contributed by atoms with Gasteiger partial charge in [0.1, 0.15) is 0 Å². The number of thiophene rings is 1. The van der Waals surface area contributed by atoms with Crippen LogP contribution >= 0.6 is 33.9 Å². The molecule has 5 heteroatoms. The van der Waals surface area contributed by atoms with Crippen molar-refractivity contribution < 1.29 is 0 Å². The van der Waals surface area contributed by atoms with E-state index < -0.39 is 0 Å². The van der Waals surface area contributed by atoms with Gasteiger partial charge in [-0.1, -0.05) is 13.8 Å². The van der Waals surface area contributed by atoms with Gasteiger partial charge in [0.15, 0.2) is 5.82 Å². The summed E-state index contributed by atoms with van der Waals surface area (Å²) < 4.78 is 0.689. The van der Waals surface area contributed by atoms with Gasteiger partial charge in [-0.05, 0) is 47.6 Å². The fraction of sp³-hybridized carbons (Fsp3) is 0.333. The molecule has 0 bridgehead atoms. The number of aryl methyl sites for hydroxylation is 1. The summed E-state index contributed by atoms with van der Waals surface area (Å²) in [5.41, 5.74) is 0.820. The van der Waals surface area contributed by atoms with Gasteiger partial charge in [-0.3, -0.25) is 4.79 Å². The highest BCUT2D eigenvalue weighted by atomic mass is 127. The van der Waals surface area contributed by atoms with Crippen LogP contribution in [0.3, 0.4) is 0 Å². The van der Waals surface area contributed by atoms with E-state index in [4.69, 9.17) is 0 Å². The Morgan fingerprint density at radius 2 is 2.12 bits per heavy atom. The molecule has 0 aliphatic rings. The summed E-state index contributed by atoms with van der Waals surface area (Å²) >= 11 is 3.70. The summed E-state index contributed by atoms with van der Waals surface area (Å²) in [6.45, 7) is 6.14. The standard InChI is InChI=1S/C12H13IN2OS/c1-6(2)10-9(13)12(16)15-11(14-10)8-5-4-7(3)17-8/h4-6H,1-3H3,(H,14,15,16). The van der Waals surface area contributed by atoms with Gasteiger partial charge in [0.25, 0.3) is 5.56 Å². The number of aromatic amines is 1. The fourth-order valence-corrected chi connectivity index (χ4v) is 3.23. The van der Waals surface area contributed by atoms with Crippen molar-refractivity contribution in [2.45, 2.75) is 26.7 Å². The molecule has 0 spiro atoms. The third-order valence-electron chi connectivity index (χ3n) is 2.41. The summed E-state index contributed by atoms with van der Waals surface area (Å²) in [5, 5.41) is 0. The Bertz CT molecular complexity index is 601. The van der Waals surface area contributed by atoms with Crippen LogP contribution in [0.2, 0.25) is 0 Å². The third-order valence-corrected chi connectivity index (χ3v) is 4.46. The Morgan fingerprint density at radius 3 is 2.65 bits per heavy atom. The molecule has 0 unspecified atom stereocenters. The average molecular weight is 360 g/mol. The van der Waals surface area contributed by atoms with Crippen LogP contribution in [-0.4, -0.2) is 9.97 Å². The molecule has 0 amide bonds. The molecule has 2 rings (SSSR count). The van der Waals surface area contributed by atoms with E-state index in [0.717, 1.165) is 10.6 Å². The van der Waals surface area contributed by atoms with Gasteiger partial charge in [-0.15, -0.1) is 11.3 Å². The van der Waals surface area contributed by atoms with Gasteiger partial charge in [-0.25, -0.2) is 4.98 Å². The summed E-state index contributed by atoms with van der Waals surface area (Å²) in [7, 11) is 0. The molecule has 0 aromatic carbocycles. The van der Waals surface area contributed by atoms with E-state index in [0.29, 0.717) is 9.39 Å². The average Bonchev–Trinajstić information content (AvgIpc) is 2.68. The predicted molar refractivity (Wildman–Crippen MR) is 79.7 cm³/mol. The second kappa shape index (κ2) is 4.89. The van der Waals surface area contributed by atoms with Crippen LogP contribution in [0.25, 0.3) is 10.7 Å². The van der Waals surface area contributed by atoms with Crippen molar-refractivity contribution in [3.8, 4) is 10.7 Å². The molecule has 17 heavy (non-hydrogen) atoms. The van der Waals surface area contributed by atoms with Crippen LogP contribution in [0.1, 0.15) is 30.3 Å². The molecule has 0 saturated carbocycles. The summed E-state index contributed by atoms with van der Waals surface area (Å²) in [6.07, 6.45) is 0. The number of hydrogen-bond donors (Lipinski definition) is 1. The van der Waals surface area contributed by atoms with Crippen molar-refractivity contribution in [2.75, 3.05) is 0 Å². The van der Waals surface area contributed by atoms with E-state index in [2.05, 4.69) is 32.6 Å². The lowest BCUT2D eigenvalue weighted by atomic mass is 10.1. The second-order valence-corrected chi connectivity index (χ2v) is 6.55. The van der Waals surface area contributed by atoms with Crippen LogP contribution in [0.5, 0.6) is 0 Å². The quantitative estimate of drug-likeness (QED) is 0.833. The number of aromatic nitrogens is 2. The van der Waals surface area contributed by atoms with Gasteiger partial charge >= 0.3 is 0 Å². The highest BCUT2D eigenvalue weighted by molar-refractivity contribution is 14.1. The molecule has 2 aromatic heterocycles. The van der Waals surface area contributed by atoms with E-state index in [1.165, 1.54) is 4.88 Å². The zero-order valence-corrected chi connectivity index (χ0v) is 12.8. The highest BCUT2D eigenvalue weighted by Crippen LogP contribution is 2.26. The molecule has 0 fully saturated rings. The molecular weight excluding hydrogens is 347 g/mol. The van der Waals surface area contributed by atoms with Crippen molar-refractivity contribution >= 4 is 33.9 Å². The number of nitrogens with zero attached hydrogens (tertiary/aromatic N) is 1. The Morgan fingerprint density at radius 1 is 1.41 bits per heavy atom. The van der Waals surface area contributed by atoms with Crippen molar-refractivity contribution in [2.24, 2.45) is 0 Å². The summed E-state index contributed by atoms with van der Waals surface area (Å²) in [6, 6.07) is 4.03. The first-order chi connectivity index (χ1) is 7.99. The first kappa shape index (κ1) is 12.8. The Kier molecular flexibility index (Phi) is 3.67. The lowest BCUT2D eigenvalue weighted by Gasteiger charge is -2.08. The largest absolute Gasteiger partial charge is 0.305 e. The molecule has 0 aliphatic carbocycles. The molecule has 2 aromatic rings. The predicted octanol–water partition coefficient (Wildman–Crippen LogP) is 3.53. The van der Waals surface area contributed by atoms with Gasteiger partial charge in [0.05, 0.1) is 14.1 Å². The number of halogens is 1. The van der Waals surface area contributed by atoms with Crippen molar-refractivity contribution in [3.05, 3.63) is 36.6 Å². The minimum absolute atomic E-state index is 0.0506. The number of hydrogen-bond acceptors (Lipinski definition) is 3. The molecule has 3 nitrogen and oxygen atoms in total. The van der Waals surface area contributed by atoms with Gasteiger partial charge < -0.3 is 4.98 Å². The maximum atomic E-state index is 11.8. The number of rotatable bonds is 2. The second-order valence-electron chi connectivity index (χ2n) is 4.18. The molecule has 0 atom stereocenters. The van der Waals surface area contributed by atoms with E-state index in [1.54, 1.807) is 11.3 Å². The smallest absolute Gasteiger partial charge is 0.264 e. The first-order valence-electron chi connectivity index (χ1n) is 5.35. The SMILES string of the molecule is Cc1ccc(-c2nc(C(C)C)c(I)c(=O)[nH]2)s1. The number of nitrogens with one attached hydrogen (secondary N) is 1. The monoisotopic (exact) mass is 360 g/mol. The zero-order valence-electron chi connectivity index (χ0n) is 9.87. The highest BCUT2D eigenvalue weighted by Gasteiger charge is 2.13. The van der Waals surface area contributed by atoms with Crippen LogP contribution in [-0.2, 0) is 0 Å². The molecule has 2 heterocycles. The number of H-pyrrole nitrogens is 1. The lowest BCUT2D eigenvalue weighted by Crippen LogP contribution is -2.16. The molecular formula is C12H13IN2OS. The maximum absolute atomic E-state index is 11.8. The molecule has 0 aliphatic heterocycles. The minimum atomic E-state index is -0.0506. The Balaban J connectivity index is 2.61. The van der Waals surface area contributed by atoms with Crippen LogP contribution in [0.15, 0.2) is 16.9 Å². The van der Waals surface area contributed by atoms with Crippen LogP contribution in [0.4, 0.5) is 0 Å². The molecule has 0 saturated heterocycles. The van der Waals surface area contributed by atoms with E-state index in [9.17, 15) is 4.79 Å². The first-order valence-corrected chi connectivity index (χ1v) is 7.25. The Hall–Kier alpha value is -0.690. The Labute approximate surface area is 117 Å². The van der Waals surface area contributed by atoms with Gasteiger partial charge in [0.2, 0.25) is 0 Å². The van der Waals surface area contributed by atoms with Crippen molar-refractivity contribution in [1.29, 1.82) is 0 Å². The fourth-order valence-electron chi connectivity index (χ4n) is 1.54.